The number of nitrogens with zero attached hydrogens (tertiary/aromatic N) is 1. The number of ether oxygens (including phenoxy) is 1. The van der Waals surface area contributed by atoms with Crippen LogP contribution in [0, 0.1) is 5.82 Å². The van der Waals surface area contributed by atoms with E-state index in [-0.39, 0.29) is 12.4 Å². The zero-order valence-corrected chi connectivity index (χ0v) is 12.6. The number of benzene rings is 2. The molecule has 23 heavy (non-hydrogen) atoms. The van der Waals surface area contributed by atoms with E-state index in [0.717, 1.165) is 17.1 Å². The third kappa shape index (κ3) is 4.07. The first kappa shape index (κ1) is 15.0. The Morgan fingerprint density at radius 3 is 2.39 bits per heavy atom. The van der Waals surface area contributed by atoms with Crippen molar-refractivity contribution in [3.8, 4) is 5.75 Å². The fourth-order valence-electron chi connectivity index (χ4n) is 2.21. The van der Waals surface area contributed by atoms with Gasteiger partial charge in [0.15, 0.2) is 0 Å². The molecule has 0 aliphatic rings. The van der Waals surface area contributed by atoms with E-state index in [0.29, 0.717) is 12.1 Å². The number of halogens is 1. The molecule has 116 valence electrons. The van der Waals surface area contributed by atoms with Crippen molar-refractivity contribution in [1.82, 2.24) is 4.98 Å². The molecule has 1 N–H and O–H groups in total. The molecule has 0 bridgehead atoms. The van der Waals surface area contributed by atoms with Gasteiger partial charge in [0.1, 0.15) is 24.0 Å². The molecule has 0 fully saturated rings. The Hall–Kier alpha value is -2.88. The quantitative estimate of drug-likeness (QED) is 0.732. The van der Waals surface area contributed by atoms with Crippen LogP contribution in [0.2, 0.25) is 0 Å². The van der Waals surface area contributed by atoms with Gasteiger partial charge in [0.25, 0.3) is 0 Å². The van der Waals surface area contributed by atoms with Crippen LogP contribution < -0.4 is 10.1 Å². The minimum Gasteiger partial charge on any atom is -0.488 e. The Morgan fingerprint density at radius 2 is 1.61 bits per heavy atom. The van der Waals surface area contributed by atoms with E-state index in [2.05, 4.69) is 10.3 Å². The predicted molar refractivity (Wildman–Crippen MR) is 88.7 cm³/mol. The predicted octanol–water partition coefficient (Wildman–Crippen LogP) is 4.41. The zero-order chi connectivity index (χ0) is 15.9. The van der Waals surface area contributed by atoms with Crippen LogP contribution in [0.4, 0.5) is 10.2 Å². The molecule has 0 aliphatic heterocycles. The highest BCUT2D eigenvalue weighted by Crippen LogP contribution is 2.21. The Labute approximate surface area is 134 Å². The smallest absolute Gasteiger partial charge is 0.129 e. The average Bonchev–Trinajstić information content (AvgIpc) is 2.61. The molecule has 0 spiro atoms. The van der Waals surface area contributed by atoms with Gasteiger partial charge in [-0.2, -0.15) is 0 Å². The molecule has 3 aromatic rings. The fraction of sp³-hybridized carbons (Fsp3) is 0.105. The first-order valence-corrected chi connectivity index (χ1v) is 7.42. The summed E-state index contributed by atoms with van der Waals surface area (Å²) in [5, 5.41) is 3.25. The van der Waals surface area contributed by atoms with Crippen molar-refractivity contribution in [1.29, 1.82) is 0 Å². The molecule has 1 heterocycles. The highest BCUT2D eigenvalue weighted by Gasteiger charge is 2.06. The normalized spacial score (nSPS) is 10.3. The molecule has 0 saturated carbocycles. The summed E-state index contributed by atoms with van der Waals surface area (Å²) in [5.74, 6) is 1.28. The first-order chi connectivity index (χ1) is 11.3. The molecule has 0 radical (unpaired) electrons. The minimum absolute atomic E-state index is 0.202. The van der Waals surface area contributed by atoms with Crippen LogP contribution in [-0.2, 0) is 13.2 Å². The van der Waals surface area contributed by atoms with Crippen LogP contribution in [-0.4, -0.2) is 4.98 Å². The summed E-state index contributed by atoms with van der Waals surface area (Å²) >= 11 is 0. The molecule has 2 aromatic carbocycles. The van der Waals surface area contributed by atoms with Crippen LogP contribution in [0.15, 0.2) is 72.9 Å². The maximum Gasteiger partial charge on any atom is 0.129 e. The lowest BCUT2D eigenvalue weighted by atomic mass is 10.2. The molecule has 0 atom stereocenters. The lowest BCUT2D eigenvalue weighted by Crippen LogP contribution is -2.05. The van der Waals surface area contributed by atoms with Gasteiger partial charge in [-0.25, -0.2) is 9.37 Å². The third-order valence-electron chi connectivity index (χ3n) is 3.44. The zero-order valence-electron chi connectivity index (χ0n) is 12.6. The minimum atomic E-state index is -0.253. The maximum atomic E-state index is 13.7. The van der Waals surface area contributed by atoms with Gasteiger partial charge in [0, 0.05) is 23.9 Å². The SMILES string of the molecule is Fc1ccccc1COc1ccccc1CNc1ccccn1. The van der Waals surface area contributed by atoms with Crippen molar-refractivity contribution in [2.24, 2.45) is 0 Å². The van der Waals surface area contributed by atoms with Crippen LogP contribution >= 0.6 is 0 Å². The van der Waals surface area contributed by atoms with Crippen molar-refractivity contribution in [3.63, 3.8) is 0 Å². The molecule has 3 rings (SSSR count). The largest absolute Gasteiger partial charge is 0.488 e. The number of hydrogen-bond acceptors (Lipinski definition) is 3. The molecular formula is C19H17FN2O. The second-order valence-corrected chi connectivity index (χ2v) is 5.06. The van der Waals surface area contributed by atoms with E-state index in [1.807, 2.05) is 42.5 Å². The summed E-state index contributed by atoms with van der Waals surface area (Å²) < 4.78 is 19.5. The Kier molecular flexibility index (Phi) is 4.84. The van der Waals surface area contributed by atoms with Crippen LogP contribution in [0.3, 0.4) is 0 Å². The first-order valence-electron chi connectivity index (χ1n) is 7.42. The van der Waals surface area contributed by atoms with Crippen LogP contribution in [0.25, 0.3) is 0 Å². The standard InChI is InChI=1S/C19H17FN2O/c20-17-9-3-1-8-16(17)14-23-18-10-4-2-7-15(18)13-22-19-11-5-6-12-21-19/h1-12H,13-14H2,(H,21,22). The second-order valence-electron chi connectivity index (χ2n) is 5.06. The van der Waals surface area contributed by atoms with Gasteiger partial charge in [-0.1, -0.05) is 42.5 Å². The Balaban J connectivity index is 1.67. The molecule has 0 amide bonds. The second kappa shape index (κ2) is 7.40. The van der Waals surface area contributed by atoms with E-state index >= 15 is 0 Å². The van der Waals surface area contributed by atoms with Gasteiger partial charge >= 0.3 is 0 Å². The molecule has 4 heteroatoms. The number of para-hydroxylation sites is 1. The van der Waals surface area contributed by atoms with Crippen molar-refractivity contribution in [2.45, 2.75) is 13.2 Å². The number of aromatic nitrogens is 1. The van der Waals surface area contributed by atoms with E-state index in [1.165, 1.54) is 6.07 Å². The molecule has 3 nitrogen and oxygen atoms in total. The number of rotatable bonds is 6. The Bertz CT molecular complexity index is 762. The summed E-state index contributed by atoms with van der Waals surface area (Å²) in [5.41, 5.74) is 1.54. The summed E-state index contributed by atoms with van der Waals surface area (Å²) in [6.07, 6.45) is 1.74. The topological polar surface area (TPSA) is 34.1 Å². The monoisotopic (exact) mass is 308 g/mol. The van der Waals surface area contributed by atoms with Gasteiger partial charge in [-0.15, -0.1) is 0 Å². The number of nitrogens with one attached hydrogen (secondary N) is 1. The summed E-state index contributed by atoms with van der Waals surface area (Å²) in [7, 11) is 0. The highest BCUT2D eigenvalue weighted by atomic mass is 19.1. The summed E-state index contributed by atoms with van der Waals surface area (Å²) in [6.45, 7) is 0.789. The summed E-state index contributed by atoms with van der Waals surface area (Å²) in [6, 6.07) is 20.1. The lowest BCUT2D eigenvalue weighted by molar-refractivity contribution is 0.297. The lowest BCUT2D eigenvalue weighted by Gasteiger charge is -2.13. The van der Waals surface area contributed by atoms with Crippen molar-refractivity contribution >= 4 is 5.82 Å². The number of pyridine rings is 1. The van der Waals surface area contributed by atoms with Gasteiger partial charge in [0.2, 0.25) is 0 Å². The van der Waals surface area contributed by atoms with Gasteiger partial charge < -0.3 is 10.1 Å². The van der Waals surface area contributed by atoms with E-state index < -0.39 is 0 Å². The molecule has 0 aliphatic carbocycles. The molecule has 0 unspecified atom stereocenters. The van der Waals surface area contributed by atoms with Crippen LogP contribution in [0.5, 0.6) is 5.75 Å². The van der Waals surface area contributed by atoms with E-state index in [9.17, 15) is 4.39 Å². The van der Waals surface area contributed by atoms with Crippen molar-refractivity contribution in [2.75, 3.05) is 5.32 Å². The van der Waals surface area contributed by atoms with Gasteiger partial charge in [0.05, 0.1) is 0 Å². The number of hydrogen-bond donors (Lipinski definition) is 1. The van der Waals surface area contributed by atoms with Gasteiger partial charge in [-0.05, 0) is 24.3 Å². The molecular weight excluding hydrogens is 291 g/mol. The molecule has 0 saturated heterocycles. The fourth-order valence-corrected chi connectivity index (χ4v) is 2.21. The average molecular weight is 308 g/mol. The molecule has 1 aromatic heterocycles. The van der Waals surface area contributed by atoms with Crippen molar-refractivity contribution in [3.05, 3.63) is 89.9 Å². The Morgan fingerprint density at radius 1 is 0.870 bits per heavy atom. The third-order valence-corrected chi connectivity index (χ3v) is 3.44. The summed E-state index contributed by atoms with van der Waals surface area (Å²) in [4.78, 5) is 4.23. The van der Waals surface area contributed by atoms with E-state index in [4.69, 9.17) is 4.74 Å². The van der Waals surface area contributed by atoms with Gasteiger partial charge in [-0.3, -0.25) is 0 Å². The van der Waals surface area contributed by atoms with E-state index in [1.54, 1.807) is 24.4 Å². The van der Waals surface area contributed by atoms with Crippen LogP contribution in [0.1, 0.15) is 11.1 Å². The maximum absolute atomic E-state index is 13.7. The number of anilines is 1. The van der Waals surface area contributed by atoms with Crippen molar-refractivity contribution < 1.29 is 9.13 Å². The highest BCUT2D eigenvalue weighted by molar-refractivity contribution is 5.39.